The maximum absolute atomic E-state index is 9.24. The van der Waals surface area contributed by atoms with Crippen LogP contribution in [0, 0.1) is 24.2 Å². The van der Waals surface area contributed by atoms with Crippen molar-refractivity contribution in [2.75, 3.05) is 13.2 Å². The van der Waals surface area contributed by atoms with E-state index in [0.717, 1.165) is 17.8 Å². The molecule has 1 aromatic heterocycles. The van der Waals surface area contributed by atoms with Gasteiger partial charge in [-0.3, -0.25) is 0 Å². The molecule has 2 heterocycles. The predicted molar refractivity (Wildman–Crippen MR) is 63.4 cm³/mol. The molecule has 1 aromatic rings. The largest absolute Gasteiger partial charge is 0.377 e. The highest BCUT2D eigenvalue weighted by Gasteiger charge is 2.44. The summed E-state index contributed by atoms with van der Waals surface area (Å²) in [5.41, 5.74) is 1.33. The first kappa shape index (κ1) is 12.0. The third kappa shape index (κ3) is 2.29. The van der Waals surface area contributed by atoms with E-state index in [0.29, 0.717) is 25.0 Å². The van der Waals surface area contributed by atoms with E-state index in [9.17, 15) is 5.26 Å². The number of hydrogen-bond donors (Lipinski definition) is 0. The summed E-state index contributed by atoms with van der Waals surface area (Å²) in [5, 5.41) is 9.24. The number of ether oxygens (including phenoxy) is 1. The average molecular weight is 231 g/mol. The molecular weight excluding hydrogens is 214 g/mol. The van der Waals surface area contributed by atoms with E-state index in [1.165, 1.54) is 0 Å². The van der Waals surface area contributed by atoms with Crippen LogP contribution in [0.2, 0.25) is 0 Å². The summed E-state index contributed by atoms with van der Waals surface area (Å²) < 4.78 is 5.14. The molecule has 0 N–H and O–H groups in total. The van der Waals surface area contributed by atoms with E-state index >= 15 is 0 Å². The van der Waals surface area contributed by atoms with Gasteiger partial charge in [0.15, 0.2) is 11.2 Å². The lowest BCUT2D eigenvalue weighted by Gasteiger charge is -2.33. The molecule has 0 aromatic carbocycles. The minimum atomic E-state index is -0.613. The van der Waals surface area contributed by atoms with Crippen LogP contribution in [0.4, 0.5) is 0 Å². The second kappa shape index (κ2) is 4.42. The molecule has 0 saturated carbocycles. The van der Waals surface area contributed by atoms with Gasteiger partial charge in [-0.15, -0.1) is 0 Å². The van der Waals surface area contributed by atoms with Crippen LogP contribution >= 0.6 is 0 Å². The van der Waals surface area contributed by atoms with Gasteiger partial charge in [0.2, 0.25) is 0 Å². The van der Waals surface area contributed by atoms with Crippen LogP contribution in [-0.4, -0.2) is 23.2 Å². The minimum absolute atomic E-state index is 0.411. The molecule has 1 aliphatic rings. The van der Waals surface area contributed by atoms with Gasteiger partial charge < -0.3 is 4.74 Å². The van der Waals surface area contributed by atoms with Crippen LogP contribution in [0.25, 0.3) is 0 Å². The SMILES string of the molecule is Cc1cc(CC(C)C)nc(C2(C#N)COC2)n1. The lowest BCUT2D eigenvalue weighted by atomic mass is 9.86. The normalized spacial score (nSPS) is 17.6. The summed E-state index contributed by atoms with van der Waals surface area (Å²) in [6.07, 6.45) is 0.915. The standard InChI is InChI=1S/C13H17N3O/c1-9(2)4-11-5-10(3)15-12(16-11)13(6-14)7-17-8-13/h5,9H,4,7-8H2,1-3H3. The zero-order valence-corrected chi connectivity index (χ0v) is 10.5. The van der Waals surface area contributed by atoms with Crippen molar-refractivity contribution < 1.29 is 4.74 Å². The summed E-state index contributed by atoms with van der Waals surface area (Å²) in [5.74, 6) is 1.18. The molecule has 4 nitrogen and oxygen atoms in total. The summed E-state index contributed by atoms with van der Waals surface area (Å²) in [6.45, 7) is 7.08. The molecule has 0 amide bonds. The third-order valence-corrected chi connectivity index (χ3v) is 2.86. The fourth-order valence-electron chi connectivity index (χ4n) is 1.92. The Hall–Kier alpha value is -1.47. The van der Waals surface area contributed by atoms with E-state index in [2.05, 4.69) is 29.9 Å². The summed E-state index contributed by atoms with van der Waals surface area (Å²) in [6, 6.07) is 4.28. The van der Waals surface area contributed by atoms with Crippen molar-refractivity contribution in [3.63, 3.8) is 0 Å². The van der Waals surface area contributed by atoms with Crippen molar-refractivity contribution in [2.24, 2.45) is 5.92 Å². The highest BCUT2D eigenvalue weighted by atomic mass is 16.5. The Balaban J connectivity index is 2.35. The molecular formula is C13H17N3O. The number of nitriles is 1. The molecule has 2 rings (SSSR count). The molecule has 0 bridgehead atoms. The van der Waals surface area contributed by atoms with E-state index < -0.39 is 5.41 Å². The van der Waals surface area contributed by atoms with Crippen LogP contribution in [0.3, 0.4) is 0 Å². The number of nitrogens with zero attached hydrogens (tertiary/aromatic N) is 3. The molecule has 17 heavy (non-hydrogen) atoms. The van der Waals surface area contributed by atoms with Crippen molar-refractivity contribution in [3.05, 3.63) is 23.3 Å². The molecule has 1 aliphatic heterocycles. The van der Waals surface area contributed by atoms with Gasteiger partial charge in [0.05, 0.1) is 19.3 Å². The summed E-state index contributed by atoms with van der Waals surface area (Å²) in [7, 11) is 0. The zero-order chi connectivity index (χ0) is 12.5. The average Bonchev–Trinajstić information content (AvgIpc) is 2.14. The van der Waals surface area contributed by atoms with Crippen molar-refractivity contribution in [2.45, 2.75) is 32.6 Å². The molecule has 90 valence electrons. The van der Waals surface area contributed by atoms with Crippen LogP contribution in [0.5, 0.6) is 0 Å². The van der Waals surface area contributed by atoms with E-state index in [1.54, 1.807) is 0 Å². The smallest absolute Gasteiger partial charge is 0.163 e. The van der Waals surface area contributed by atoms with E-state index in [4.69, 9.17) is 4.74 Å². The van der Waals surface area contributed by atoms with Gasteiger partial charge in [-0.2, -0.15) is 5.26 Å². The lowest BCUT2D eigenvalue weighted by molar-refractivity contribution is -0.0340. The molecule has 0 radical (unpaired) electrons. The Bertz CT molecular complexity index is 458. The van der Waals surface area contributed by atoms with Crippen molar-refractivity contribution >= 4 is 0 Å². The molecule has 1 fully saturated rings. The molecule has 0 spiro atoms. The molecule has 1 saturated heterocycles. The number of hydrogen-bond acceptors (Lipinski definition) is 4. The summed E-state index contributed by atoms with van der Waals surface area (Å²) >= 11 is 0. The molecule has 0 atom stereocenters. The first-order valence-corrected chi connectivity index (χ1v) is 5.90. The van der Waals surface area contributed by atoms with Crippen LogP contribution in [0.1, 0.15) is 31.1 Å². The number of rotatable bonds is 3. The van der Waals surface area contributed by atoms with Crippen LogP contribution in [-0.2, 0) is 16.6 Å². The van der Waals surface area contributed by atoms with Gasteiger partial charge in [0, 0.05) is 11.4 Å². The minimum Gasteiger partial charge on any atom is -0.377 e. The fourth-order valence-corrected chi connectivity index (χ4v) is 1.92. The van der Waals surface area contributed by atoms with E-state index in [-0.39, 0.29) is 0 Å². The Labute approximate surface area is 102 Å². The van der Waals surface area contributed by atoms with Crippen molar-refractivity contribution in [1.82, 2.24) is 9.97 Å². The quantitative estimate of drug-likeness (QED) is 0.795. The zero-order valence-electron chi connectivity index (χ0n) is 10.5. The van der Waals surface area contributed by atoms with Gasteiger partial charge >= 0.3 is 0 Å². The second-order valence-electron chi connectivity index (χ2n) is 5.11. The molecule has 0 aliphatic carbocycles. The lowest BCUT2D eigenvalue weighted by Crippen LogP contribution is -2.47. The van der Waals surface area contributed by atoms with Crippen molar-refractivity contribution in [1.29, 1.82) is 5.26 Å². The first-order valence-electron chi connectivity index (χ1n) is 5.90. The third-order valence-electron chi connectivity index (χ3n) is 2.86. The fraction of sp³-hybridized carbons (Fsp3) is 0.615. The summed E-state index contributed by atoms with van der Waals surface area (Å²) in [4.78, 5) is 8.92. The Morgan fingerprint density at radius 3 is 2.65 bits per heavy atom. The monoisotopic (exact) mass is 231 g/mol. The van der Waals surface area contributed by atoms with Gasteiger partial charge in [-0.05, 0) is 25.3 Å². The van der Waals surface area contributed by atoms with E-state index in [1.807, 2.05) is 13.0 Å². The predicted octanol–water partition coefficient (Wildman–Crippen LogP) is 1.78. The van der Waals surface area contributed by atoms with Gasteiger partial charge in [0.25, 0.3) is 0 Å². The van der Waals surface area contributed by atoms with Crippen LogP contribution < -0.4 is 0 Å². The topological polar surface area (TPSA) is 58.8 Å². The number of aromatic nitrogens is 2. The maximum atomic E-state index is 9.24. The Kier molecular flexibility index (Phi) is 3.12. The Morgan fingerprint density at radius 1 is 1.47 bits per heavy atom. The first-order chi connectivity index (χ1) is 8.05. The Morgan fingerprint density at radius 2 is 2.18 bits per heavy atom. The van der Waals surface area contributed by atoms with Gasteiger partial charge in [-0.25, -0.2) is 9.97 Å². The number of aryl methyl sites for hydroxylation is 1. The molecule has 0 unspecified atom stereocenters. The highest BCUT2D eigenvalue weighted by molar-refractivity contribution is 5.27. The maximum Gasteiger partial charge on any atom is 0.163 e. The highest BCUT2D eigenvalue weighted by Crippen LogP contribution is 2.29. The molecule has 4 heteroatoms. The van der Waals surface area contributed by atoms with Gasteiger partial charge in [-0.1, -0.05) is 13.8 Å². The van der Waals surface area contributed by atoms with Gasteiger partial charge in [0.1, 0.15) is 0 Å². The van der Waals surface area contributed by atoms with Crippen LogP contribution in [0.15, 0.2) is 6.07 Å². The van der Waals surface area contributed by atoms with Crippen molar-refractivity contribution in [3.8, 4) is 6.07 Å². The second-order valence-corrected chi connectivity index (χ2v) is 5.11.